The zero-order valence-corrected chi connectivity index (χ0v) is 24.4. The van der Waals surface area contributed by atoms with Gasteiger partial charge in [-0.1, -0.05) is 30.3 Å². The number of ether oxygens (including phenoxy) is 2. The molecule has 4 rings (SSSR count). The number of carbonyl (C=O) groups is 1. The lowest BCUT2D eigenvalue weighted by Crippen LogP contribution is -2.34. The van der Waals surface area contributed by atoms with Crippen LogP contribution in [0, 0.1) is 13.8 Å². The van der Waals surface area contributed by atoms with Crippen molar-refractivity contribution in [2.75, 3.05) is 41.0 Å². The summed E-state index contributed by atoms with van der Waals surface area (Å²) >= 11 is 0. The highest BCUT2D eigenvalue weighted by molar-refractivity contribution is 7.88. The molecule has 1 amide bonds. The summed E-state index contributed by atoms with van der Waals surface area (Å²) in [6, 6.07) is 17.5. The Morgan fingerprint density at radius 3 is 2.38 bits per heavy atom. The zero-order chi connectivity index (χ0) is 28.9. The molecule has 212 valence electrons. The molecule has 2 aromatic heterocycles. The van der Waals surface area contributed by atoms with Crippen LogP contribution in [0.4, 0.5) is 0 Å². The van der Waals surface area contributed by atoms with Gasteiger partial charge < -0.3 is 18.8 Å². The molecule has 0 atom stereocenters. The van der Waals surface area contributed by atoms with Crippen molar-refractivity contribution in [3.8, 4) is 17.0 Å². The maximum Gasteiger partial charge on any atom is 0.248 e. The van der Waals surface area contributed by atoms with Crippen LogP contribution in [-0.2, 0) is 31.9 Å². The molecular weight excluding hydrogens is 528 g/mol. The van der Waals surface area contributed by atoms with Crippen molar-refractivity contribution in [3.63, 3.8) is 0 Å². The Hall–Kier alpha value is -3.73. The summed E-state index contributed by atoms with van der Waals surface area (Å²) < 4.78 is 39.9. The molecular formula is C30H36N4O5S. The second-order valence-electron chi connectivity index (χ2n) is 9.91. The van der Waals surface area contributed by atoms with E-state index in [2.05, 4.69) is 4.98 Å². The molecule has 0 fully saturated rings. The number of aryl methyl sites for hydroxylation is 2. The van der Waals surface area contributed by atoms with E-state index in [1.807, 2.05) is 85.2 Å². The molecule has 0 bridgehead atoms. The summed E-state index contributed by atoms with van der Waals surface area (Å²) in [5, 5.41) is 0. The molecule has 0 radical (unpaired) electrons. The van der Waals surface area contributed by atoms with Crippen molar-refractivity contribution >= 4 is 21.6 Å². The number of carbonyl (C=O) groups excluding carboxylic acids is 1. The normalized spacial score (nSPS) is 11.8. The molecule has 2 heterocycles. The van der Waals surface area contributed by atoms with Crippen LogP contribution in [0.1, 0.15) is 22.3 Å². The number of aromatic nitrogens is 2. The first-order valence-corrected chi connectivity index (χ1v) is 14.6. The molecule has 0 spiro atoms. The number of likely N-dealkylation sites (N-methyl/N-ethyl adjacent to an activating group) is 2. The summed E-state index contributed by atoms with van der Waals surface area (Å²) in [7, 11) is 1.27. The van der Waals surface area contributed by atoms with Crippen LogP contribution in [-0.4, -0.2) is 73.9 Å². The number of sulfonamides is 1. The van der Waals surface area contributed by atoms with Crippen LogP contribution in [0.25, 0.3) is 16.9 Å². The molecule has 0 unspecified atom stereocenters. The van der Waals surface area contributed by atoms with Gasteiger partial charge in [0.05, 0.1) is 25.2 Å². The molecule has 40 heavy (non-hydrogen) atoms. The third-order valence-corrected chi connectivity index (χ3v) is 8.73. The Morgan fingerprint density at radius 2 is 1.73 bits per heavy atom. The summed E-state index contributed by atoms with van der Waals surface area (Å²) in [4.78, 5) is 18.8. The van der Waals surface area contributed by atoms with E-state index in [-0.39, 0.29) is 31.4 Å². The van der Waals surface area contributed by atoms with Crippen molar-refractivity contribution in [1.29, 1.82) is 0 Å². The van der Waals surface area contributed by atoms with Crippen LogP contribution < -0.4 is 4.74 Å². The maximum absolute atomic E-state index is 12.9. The first-order valence-electron chi connectivity index (χ1n) is 13.0. The lowest BCUT2D eigenvalue weighted by atomic mass is 10.0. The van der Waals surface area contributed by atoms with Crippen molar-refractivity contribution in [2.24, 2.45) is 0 Å². The number of nitrogens with zero attached hydrogens (tertiary/aromatic N) is 4. The van der Waals surface area contributed by atoms with E-state index in [0.29, 0.717) is 12.3 Å². The second kappa shape index (κ2) is 12.6. The number of fused-ring (bicyclic) bond motifs is 1. The van der Waals surface area contributed by atoms with Crippen molar-refractivity contribution in [2.45, 2.75) is 26.1 Å². The van der Waals surface area contributed by atoms with Crippen LogP contribution in [0.5, 0.6) is 5.75 Å². The van der Waals surface area contributed by atoms with E-state index >= 15 is 0 Å². The zero-order valence-electron chi connectivity index (χ0n) is 23.6. The third-order valence-electron chi connectivity index (χ3n) is 6.94. The highest BCUT2D eigenvalue weighted by Crippen LogP contribution is 2.24. The number of methoxy groups -OCH3 is 1. The van der Waals surface area contributed by atoms with Gasteiger partial charge in [-0.25, -0.2) is 17.7 Å². The van der Waals surface area contributed by atoms with Crippen LogP contribution in [0.15, 0.2) is 67.0 Å². The van der Waals surface area contributed by atoms with Gasteiger partial charge in [-0.3, -0.25) is 4.79 Å². The fraction of sp³-hybridized carbons (Fsp3) is 0.333. The van der Waals surface area contributed by atoms with E-state index in [0.717, 1.165) is 39.2 Å². The van der Waals surface area contributed by atoms with Gasteiger partial charge in [0.1, 0.15) is 18.0 Å². The van der Waals surface area contributed by atoms with E-state index in [9.17, 15) is 13.2 Å². The predicted octanol–water partition coefficient (Wildman–Crippen LogP) is 4.06. The number of amides is 1. The van der Waals surface area contributed by atoms with Gasteiger partial charge in [0.2, 0.25) is 15.9 Å². The van der Waals surface area contributed by atoms with E-state index in [4.69, 9.17) is 9.47 Å². The van der Waals surface area contributed by atoms with E-state index in [1.165, 1.54) is 11.4 Å². The van der Waals surface area contributed by atoms with Crippen LogP contribution in [0.2, 0.25) is 0 Å². The third kappa shape index (κ3) is 7.07. The number of benzene rings is 2. The number of rotatable bonds is 12. The van der Waals surface area contributed by atoms with Crippen molar-refractivity contribution < 1.29 is 22.7 Å². The average Bonchev–Trinajstić information content (AvgIpc) is 3.37. The van der Waals surface area contributed by atoms with Crippen LogP contribution in [0.3, 0.4) is 0 Å². The topological polar surface area (TPSA) is 93.4 Å². The first kappa shape index (κ1) is 29.3. The molecule has 0 aliphatic heterocycles. The largest absolute Gasteiger partial charge is 0.497 e. The van der Waals surface area contributed by atoms with Gasteiger partial charge in [0.15, 0.2) is 0 Å². The van der Waals surface area contributed by atoms with Gasteiger partial charge in [-0.2, -0.15) is 0 Å². The lowest BCUT2D eigenvalue weighted by molar-refractivity contribution is -0.135. The quantitative estimate of drug-likeness (QED) is 0.241. The molecule has 0 aliphatic rings. The summed E-state index contributed by atoms with van der Waals surface area (Å²) in [6.07, 6.45) is 3.95. The fourth-order valence-corrected chi connectivity index (χ4v) is 5.80. The van der Waals surface area contributed by atoms with E-state index in [1.54, 1.807) is 19.1 Å². The fourth-order valence-electron chi connectivity index (χ4n) is 4.41. The SMILES string of the molecule is COc1cc(C)c(CS(=O)(=O)N(C)CCOCC(=O)N(C)Cc2ccc(-c3cn4ccccc4n3)cc2)c(C)c1. The number of imidazole rings is 1. The lowest BCUT2D eigenvalue weighted by Gasteiger charge is -2.20. The summed E-state index contributed by atoms with van der Waals surface area (Å²) in [5.41, 5.74) is 6.25. The molecule has 0 N–H and O–H groups in total. The molecule has 0 saturated carbocycles. The Kier molecular flexibility index (Phi) is 9.24. The van der Waals surface area contributed by atoms with Gasteiger partial charge in [-0.05, 0) is 60.4 Å². The Balaban J connectivity index is 1.23. The highest BCUT2D eigenvalue weighted by atomic mass is 32.2. The Labute approximate surface area is 236 Å². The standard InChI is InChI=1S/C30H36N4O5S/c1-22-16-26(38-5)17-23(2)27(22)21-40(36,37)33(4)14-15-39-20-30(35)32(3)18-24-9-11-25(12-10-24)28-19-34-13-7-6-8-29(34)31-28/h6-13,16-17,19H,14-15,18,20-21H2,1-5H3. The first-order chi connectivity index (χ1) is 19.1. The second-order valence-corrected chi connectivity index (χ2v) is 12.0. The molecule has 0 saturated heterocycles. The molecule has 4 aromatic rings. The highest BCUT2D eigenvalue weighted by Gasteiger charge is 2.21. The molecule has 0 aliphatic carbocycles. The Morgan fingerprint density at radius 1 is 1.02 bits per heavy atom. The summed E-state index contributed by atoms with van der Waals surface area (Å²) in [6.45, 7) is 4.33. The minimum atomic E-state index is -3.56. The molecule has 2 aromatic carbocycles. The van der Waals surface area contributed by atoms with Gasteiger partial charge in [0.25, 0.3) is 0 Å². The van der Waals surface area contributed by atoms with Gasteiger partial charge >= 0.3 is 0 Å². The minimum Gasteiger partial charge on any atom is -0.497 e. The van der Waals surface area contributed by atoms with Gasteiger partial charge in [-0.15, -0.1) is 0 Å². The summed E-state index contributed by atoms with van der Waals surface area (Å²) in [5.74, 6) is 0.412. The van der Waals surface area contributed by atoms with Crippen molar-refractivity contribution in [3.05, 3.63) is 89.2 Å². The van der Waals surface area contributed by atoms with Crippen LogP contribution >= 0.6 is 0 Å². The monoisotopic (exact) mass is 564 g/mol. The number of hydrogen-bond acceptors (Lipinski definition) is 6. The molecule has 10 heteroatoms. The number of pyridine rings is 1. The smallest absolute Gasteiger partial charge is 0.248 e. The van der Waals surface area contributed by atoms with Gasteiger partial charge in [0, 0.05) is 45.1 Å². The van der Waals surface area contributed by atoms with Crippen molar-refractivity contribution in [1.82, 2.24) is 18.6 Å². The minimum absolute atomic E-state index is 0.108. The maximum atomic E-state index is 12.9. The molecule has 9 nitrogen and oxygen atoms in total. The number of hydrogen-bond donors (Lipinski definition) is 0. The average molecular weight is 565 g/mol. The Bertz CT molecular complexity index is 1530. The predicted molar refractivity (Wildman–Crippen MR) is 156 cm³/mol. The van der Waals surface area contributed by atoms with E-state index < -0.39 is 10.0 Å².